The van der Waals surface area contributed by atoms with E-state index in [1.807, 2.05) is 30.3 Å². The largest absolute Gasteiger partial charge is 0.492 e. The minimum atomic E-state index is -0.161. The maximum Gasteiger partial charge on any atom is 0.239 e. The van der Waals surface area contributed by atoms with Gasteiger partial charge in [-0.05, 0) is 18.6 Å². The van der Waals surface area contributed by atoms with Crippen molar-refractivity contribution in [1.82, 2.24) is 15.5 Å². The first-order chi connectivity index (χ1) is 11.2. The number of benzene rings is 1. The first-order valence-corrected chi connectivity index (χ1v) is 8.14. The number of amides is 2. The van der Waals surface area contributed by atoms with Gasteiger partial charge in [0.2, 0.25) is 11.8 Å². The Morgan fingerprint density at radius 2 is 2.17 bits per heavy atom. The molecule has 1 saturated heterocycles. The molecule has 126 valence electrons. The van der Waals surface area contributed by atoms with Gasteiger partial charge in [-0.1, -0.05) is 31.5 Å². The van der Waals surface area contributed by atoms with Gasteiger partial charge in [-0.25, -0.2) is 0 Å². The third-order valence-corrected chi connectivity index (χ3v) is 3.75. The van der Waals surface area contributed by atoms with E-state index in [2.05, 4.69) is 17.6 Å². The van der Waals surface area contributed by atoms with Crippen LogP contribution < -0.4 is 15.4 Å². The van der Waals surface area contributed by atoms with Gasteiger partial charge in [0.25, 0.3) is 0 Å². The number of rotatable bonds is 8. The lowest BCUT2D eigenvalue weighted by Gasteiger charge is -2.32. The summed E-state index contributed by atoms with van der Waals surface area (Å²) in [5.41, 5.74) is 0. The van der Waals surface area contributed by atoms with E-state index in [-0.39, 0.29) is 24.4 Å². The maximum absolute atomic E-state index is 12.0. The zero-order chi connectivity index (χ0) is 16.5. The number of nitrogens with one attached hydrogen (secondary N) is 2. The second-order valence-electron chi connectivity index (χ2n) is 5.66. The molecule has 23 heavy (non-hydrogen) atoms. The molecule has 1 fully saturated rings. The van der Waals surface area contributed by atoms with E-state index < -0.39 is 0 Å². The molecule has 2 rings (SSSR count). The minimum Gasteiger partial charge on any atom is -0.492 e. The molecule has 0 bridgehead atoms. The molecule has 1 aromatic rings. The molecule has 1 heterocycles. The summed E-state index contributed by atoms with van der Waals surface area (Å²) in [6.45, 7) is 3.46. The fourth-order valence-electron chi connectivity index (χ4n) is 2.54. The second-order valence-corrected chi connectivity index (χ2v) is 5.66. The molecular formula is C17H25N3O3. The quantitative estimate of drug-likeness (QED) is 0.705. The molecule has 0 aromatic heterocycles. The van der Waals surface area contributed by atoms with Crippen LogP contribution in [0, 0.1) is 0 Å². The first-order valence-electron chi connectivity index (χ1n) is 8.14. The van der Waals surface area contributed by atoms with Crippen molar-refractivity contribution in [1.29, 1.82) is 0 Å². The molecule has 0 saturated carbocycles. The Bertz CT molecular complexity index is 507. The molecule has 1 aliphatic rings. The zero-order valence-electron chi connectivity index (χ0n) is 13.6. The van der Waals surface area contributed by atoms with Crippen LogP contribution in [0.4, 0.5) is 0 Å². The summed E-state index contributed by atoms with van der Waals surface area (Å²) in [6, 6.07) is 9.69. The van der Waals surface area contributed by atoms with Crippen LogP contribution in [0.2, 0.25) is 0 Å². The molecule has 0 radical (unpaired) electrons. The number of carbonyl (C=O) groups excluding carboxylic acids is 2. The van der Waals surface area contributed by atoms with Gasteiger partial charge in [-0.2, -0.15) is 0 Å². The first kappa shape index (κ1) is 17.3. The third kappa shape index (κ3) is 5.90. The highest BCUT2D eigenvalue weighted by molar-refractivity contribution is 5.85. The third-order valence-electron chi connectivity index (χ3n) is 3.75. The zero-order valence-corrected chi connectivity index (χ0v) is 13.6. The van der Waals surface area contributed by atoms with E-state index in [4.69, 9.17) is 4.74 Å². The van der Waals surface area contributed by atoms with Crippen molar-refractivity contribution in [3.8, 4) is 5.75 Å². The maximum atomic E-state index is 12.0. The van der Waals surface area contributed by atoms with Crippen molar-refractivity contribution < 1.29 is 14.3 Å². The van der Waals surface area contributed by atoms with Crippen molar-refractivity contribution in [3.05, 3.63) is 30.3 Å². The summed E-state index contributed by atoms with van der Waals surface area (Å²) < 4.78 is 5.50. The summed E-state index contributed by atoms with van der Waals surface area (Å²) in [5.74, 6) is 0.655. The van der Waals surface area contributed by atoms with Crippen LogP contribution in [-0.4, -0.2) is 49.1 Å². The summed E-state index contributed by atoms with van der Waals surface area (Å²) in [5, 5.41) is 6.07. The smallest absolute Gasteiger partial charge is 0.239 e. The number of hydrogen-bond donors (Lipinski definition) is 2. The van der Waals surface area contributed by atoms with Gasteiger partial charge >= 0.3 is 0 Å². The van der Waals surface area contributed by atoms with E-state index in [0.717, 1.165) is 18.6 Å². The van der Waals surface area contributed by atoms with Crippen LogP contribution in [0.5, 0.6) is 5.75 Å². The van der Waals surface area contributed by atoms with Crippen LogP contribution in [0.25, 0.3) is 0 Å². The van der Waals surface area contributed by atoms with Crippen LogP contribution in [-0.2, 0) is 9.59 Å². The van der Waals surface area contributed by atoms with E-state index in [0.29, 0.717) is 26.2 Å². The molecule has 0 aliphatic carbocycles. The van der Waals surface area contributed by atoms with E-state index in [9.17, 15) is 9.59 Å². The highest BCUT2D eigenvalue weighted by Gasteiger charge is 2.25. The molecule has 1 atom stereocenters. The Labute approximate surface area is 137 Å². The fraction of sp³-hybridized carbons (Fsp3) is 0.529. The van der Waals surface area contributed by atoms with Crippen LogP contribution >= 0.6 is 0 Å². The van der Waals surface area contributed by atoms with Crippen LogP contribution in [0.3, 0.4) is 0 Å². The number of carbonyl (C=O) groups is 2. The average molecular weight is 319 g/mol. The molecule has 6 heteroatoms. The van der Waals surface area contributed by atoms with Crippen molar-refractivity contribution in [2.24, 2.45) is 0 Å². The van der Waals surface area contributed by atoms with Crippen LogP contribution in [0.15, 0.2) is 30.3 Å². The number of nitrogens with zero attached hydrogens (tertiary/aromatic N) is 1. The van der Waals surface area contributed by atoms with Gasteiger partial charge in [0.15, 0.2) is 0 Å². The summed E-state index contributed by atoms with van der Waals surface area (Å²) in [7, 11) is 0. The van der Waals surface area contributed by atoms with Crippen molar-refractivity contribution >= 4 is 11.8 Å². The molecule has 1 unspecified atom stereocenters. The van der Waals surface area contributed by atoms with E-state index in [1.165, 1.54) is 0 Å². The monoisotopic (exact) mass is 319 g/mol. The predicted molar refractivity (Wildman–Crippen MR) is 88.0 cm³/mol. The van der Waals surface area contributed by atoms with Crippen molar-refractivity contribution in [2.75, 3.05) is 26.4 Å². The Hall–Kier alpha value is -2.08. The van der Waals surface area contributed by atoms with Gasteiger partial charge in [0, 0.05) is 12.5 Å². The summed E-state index contributed by atoms with van der Waals surface area (Å²) in [6.07, 6.45) is 2.51. The molecule has 2 amide bonds. The Kier molecular flexibility index (Phi) is 6.87. The highest BCUT2D eigenvalue weighted by Crippen LogP contribution is 2.10. The van der Waals surface area contributed by atoms with Gasteiger partial charge in [-0.15, -0.1) is 0 Å². The molecule has 6 nitrogen and oxygen atoms in total. The molecule has 2 N–H and O–H groups in total. The lowest BCUT2D eigenvalue weighted by Crippen LogP contribution is -2.53. The normalized spacial score (nSPS) is 17.9. The second kappa shape index (κ2) is 9.15. The summed E-state index contributed by atoms with van der Waals surface area (Å²) >= 11 is 0. The van der Waals surface area contributed by atoms with Crippen molar-refractivity contribution in [2.45, 2.75) is 32.2 Å². The van der Waals surface area contributed by atoms with Gasteiger partial charge in [0.1, 0.15) is 18.9 Å². The standard InChI is InChI=1S/C17H25N3O3/c1-2-6-14-11-17(22)20(13-19-14)12-16(21)18-9-10-23-15-7-4-3-5-8-15/h3-5,7-8,14,19H,2,6,9-13H2,1H3,(H,18,21). The summed E-state index contributed by atoms with van der Waals surface area (Å²) in [4.78, 5) is 25.5. The van der Waals surface area contributed by atoms with E-state index in [1.54, 1.807) is 4.90 Å². The van der Waals surface area contributed by atoms with Crippen molar-refractivity contribution in [3.63, 3.8) is 0 Å². The lowest BCUT2D eigenvalue weighted by atomic mass is 10.1. The number of ether oxygens (including phenoxy) is 1. The fourth-order valence-corrected chi connectivity index (χ4v) is 2.54. The van der Waals surface area contributed by atoms with Crippen LogP contribution in [0.1, 0.15) is 26.2 Å². The Morgan fingerprint density at radius 3 is 2.87 bits per heavy atom. The minimum absolute atomic E-state index is 0.0397. The van der Waals surface area contributed by atoms with Gasteiger partial charge in [0.05, 0.1) is 13.2 Å². The SMILES string of the molecule is CCCC1CC(=O)N(CC(=O)NCCOc2ccccc2)CN1. The highest BCUT2D eigenvalue weighted by atomic mass is 16.5. The number of para-hydroxylation sites is 1. The molecule has 0 spiro atoms. The Balaban J connectivity index is 1.62. The van der Waals surface area contributed by atoms with Gasteiger partial charge in [-0.3, -0.25) is 14.9 Å². The topological polar surface area (TPSA) is 70.7 Å². The van der Waals surface area contributed by atoms with E-state index >= 15 is 0 Å². The predicted octanol–water partition coefficient (Wildman–Crippen LogP) is 1.13. The lowest BCUT2D eigenvalue weighted by molar-refractivity contribution is -0.139. The number of hydrogen-bond acceptors (Lipinski definition) is 4. The average Bonchev–Trinajstić information content (AvgIpc) is 2.55. The van der Waals surface area contributed by atoms with Gasteiger partial charge < -0.3 is 15.0 Å². The molecule has 1 aliphatic heterocycles. The molecule has 1 aromatic carbocycles. The Morgan fingerprint density at radius 1 is 1.39 bits per heavy atom. The molecular weight excluding hydrogens is 294 g/mol.